The molecule has 1 aromatic carbocycles. The highest BCUT2D eigenvalue weighted by molar-refractivity contribution is 6.31. The van der Waals surface area contributed by atoms with Crippen LogP contribution in [-0.4, -0.2) is 28.5 Å². The lowest BCUT2D eigenvalue weighted by molar-refractivity contribution is -0.121. The van der Waals surface area contributed by atoms with Crippen molar-refractivity contribution >= 4 is 28.9 Å². The van der Waals surface area contributed by atoms with E-state index in [1.54, 1.807) is 34.1 Å². The van der Waals surface area contributed by atoms with Crippen LogP contribution in [-0.2, 0) is 9.68 Å². The van der Waals surface area contributed by atoms with Gasteiger partial charge in [0.1, 0.15) is 6.73 Å². The molecule has 0 radical (unpaired) electrons. The van der Waals surface area contributed by atoms with Gasteiger partial charge in [0.15, 0.2) is 11.9 Å². The lowest BCUT2D eigenvalue weighted by Gasteiger charge is -2.29. The monoisotopic (exact) mass is 301 g/mol. The zero-order valence-electron chi connectivity index (χ0n) is 9.58. The summed E-state index contributed by atoms with van der Waals surface area (Å²) in [7, 11) is 0. The maximum atomic E-state index is 6.02. The van der Waals surface area contributed by atoms with E-state index in [0.29, 0.717) is 15.9 Å². The van der Waals surface area contributed by atoms with Crippen LogP contribution in [0.25, 0.3) is 5.69 Å². The van der Waals surface area contributed by atoms with Gasteiger partial charge in [-0.2, -0.15) is 5.48 Å². The standard InChI is InChI=1S/C10H9Cl2N5O2/c11-7-1-2-8(16-4-10(12)14-15-16)9(3-7)17-6-18-13-5-19-17/h1-4,13H,5-6H2. The Balaban J connectivity index is 2.03. The van der Waals surface area contributed by atoms with Crippen LogP contribution in [0.15, 0.2) is 24.4 Å². The Morgan fingerprint density at radius 1 is 1.26 bits per heavy atom. The van der Waals surface area contributed by atoms with E-state index in [0.717, 1.165) is 5.69 Å². The highest BCUT2D eigenvalue weighted by Gasteiger charge is 2.18. The second-order valence-electron chi connectivity index (χ2n) is 3.69. The maximum absolute atomic E-state index is 6.02. The van der Waals surface area contributed by atoms with Crippen LogP contribution in [0.4, 0.5) is 5.69 Å². The Kier molecular flexibility index (Phi) is 3.54. The number of anilines is 1. The van der Waals surface area contributed by atoms with E-state index in [-0.39, 0.29) is 13.5 Å². The normalized spacial score (nSPS) is 15.8. The van der Waals surface area contributed by atoms with Gasteiger partial charge < -0.3 is 0 Å². The minimum atomic E-state index is 0.218. The van der Waals surface area contributed by atoms with Gasteiger partial charge in [-0.25, -0.2) is 9.75 Å². The predicted octanol–water partition coefficient (Wildman–Crippen LogP) is 1.76. The fraction of sp³-hybridized carbons (Fsp3) is 0.200. The molecule has 0 spiro atoms. The quantitative estimate of drug-likeness (QED) is 0.912. The Labute approximate surface area is 118 Å². The third-order valence-electron chi connectivity index (χ3n) is 2.48. The first-order valence-electron chi connectivity index (χ1n) is 5.37. The van der Waals surface area contributed by atoms with Gasteiger partial charge in [-0.1, -0.05) is 28.4 Å². The zero-order chi connectivity index (χ0) is 13.2. The Morgan fingerprint density at radius 3 is 2.84 bits per heavy atom. The number of benzene rings is 1. The first-order chi connectivity index (χ1) is 9.24. The van der Waals surface area contributed by atoms with E-state index in [4.69, 9.17) is 32.9 Å². The molecule has 0 amide bonds. The summed E-state index contributed by atoms with van der Waals surface area (Å²) in [5.74, 6) is 0. The number of halogens is 2. The Bertz CT molecular complexity index is 585. The molecule has 100 valence electrons. The highest BCUT2D eigenvalue weighted by Crippen LogP contribution is 2.28. The molecule has 9 heteroatoms. The molecule has 3 rings (SSSR count). The van der Waals surface area contributed by atoms with Gasteiger partial charge in [0.25, 0.3) is 0 Å². The van der Waals surface area contributed by atoms with Gasteiger partial charge in [-0.05, 0) is 18.2 Å². The molecule has 0 aliphatic carbocycles. The van der Waals surface area contributed by atoms with Gasteiger partial charge in [-0.3, -0.25) is 9.68 Å². The van der Waals surface area contributed by atoms with E-state index >= 15 is 0 Å². The smallest absolute Gasteiger partial charge is 0.171 e. The van der Waals surface area contributed by atoms with Crippen molar-refractivity contribution in [3.63, 3.8) is 0 Å². The highest BCUT2D eigenvalue weighted by atomic mass is 35.5. The van der Waals surface area contributed by atoms with E-state index in [9.17, 15) is 0 Å². The van der Waals surface area contributed by atoms with E-state index in [1.165, 1.54) is 0 Å². The summed E-state index contributed by atoms with van der Waals surface area (Å²) >= 11 is 11.8. The maximum Gasteiger partial charge on any atom is 0.171 e. The van der Waals surface area contributed by atoms with Crippen LogP contribution in [0.1, 0.15) is 0 Å². The third kappa shape index (κ3) is 2.65. The van der Waals surface area contributed by atoms with Gasteiger partial charge >= 0.3 is 0 Å². The molecular formula is C10H9Cl2N5O2. The molecule has 0 saturated carbocycles. The summed E-state index contributed by atoms with van der Waals surface area (Å²) < 4.78 is 1.54. The van der Waals surface area contributed by atoms with Crippen LogP contribution < -0.4 is 10.5 Å². The molecule has 7 nitrogen and oxygen atoms in total. The van der Waals surface area contributed by atoms with Crippen LogP contribution in [0, 0.1) is 0 Å². The second-order valence-corrected chi connectivity index (χ2v) is 4.51. The molecular weight excluding hydrogens is 293 g/mol. The molecule has 0 bridgehead atoms. The summed E-state index contributed by atoms with van der Waals surface area (Å²) in [6, 6.07) is 5.30. The van der Waals surface area contributed by atoms with Crippen molar-refractivity contribution in [3.05, 3.63) is 34.6 Å². The lowest BCUT2D eigenvalue weighted by Crippen LogP contribution is -2.40. The van der Waals surface area contributed by atoms with Crippen molar-refractivity contribution in [1.29, 1.82) is 0 Å². The van der Waals surface area contributed by atoms with Gasteiger partial charge in [0.05, 0.1) is 17.6 Å². The van der Waals surface area contributed by atoms with Gasteiger partial charge in [-0.15, -0.1) is 5.10 Å². The lowest BCUT2D eigenvalue weighted by atomic mass is 10.2. The van der Waals surface area contributed by atoms with Crippen molar-refractivity contribution < 1.29 is 9.68 Å². The van der Waals surface area contributed by atoms with Crippen LogP contribution in [0.3, 0.4) is 0 Å². The van der Waals surface area contributed by atoms with E-state index < -0.39 is 0 Å². The summed E-state index contributed by atoms with van der Waals surface area (Å²) in [6.07, 6.45) is 1.59. The number of nitrogens with zero attached hydrogens (tertiary/aromatic N) is 4. The summed E-state index contributed by atoms with van der Waals surface area (Å²) in [5, 5.41) is 10.1. The number of nitrogens with one attached hydrogen (secondary N) is 1. The fourth-order valence-electron chi connectivity index (χ4n) is 1.68. The minimum Gasteiger partial charge on any atom is -0.276 e. The van der Waals surface area contributed by atoms with Gasteiger partial charge in [0, 0.05) is 5.02 Å². The molecule has 1 saturated heterocycles. The van der Waals surface area contributed by atoms with Crippen molar-refractivity contribution in [3.8, 4) is 5.69 Å². The van der Waals surface area contributed by atoms with E-state index in [1.807, 2.05) is 0 Å². The second kappa shape index (κ2) is 5.32. The number of hydrogen-bond donors (Lipinski definition) is 1. The summed E-state index contributed by atoms with van der Waals surface area (Å²) in [6.45, 7) is 0.458. The van der Waals surface area contributed by atoms with Crippen molar-refractivity contribution in [1.82, 2.24) is 20.5 Å². The summed E-state index contributed by atoms with van der Waals surface area (Å²) in [4.78, 5) is 10.5. The first-order valence-corrected chi connectivity index (χ1v) is 6.12. The Morgan fingerprint density at radius 2 is 2.16 bits per heavy atom. The first kappa shape index (κ1) is 12.6. The van der Waals surface area contributed by atoms with Crippen molar-refractivity contribution in [2.24, 2.45) is 0 Å². The SMILES string of the molecule is Clc1ccc(-n2cc(Cl)nn2)c(N2CONCO2)c1. The van der Waals surface area contributed by atoms with Crippen molar-refractivity contribution in [2.75, 3.05) is 18.5 Å². The molecule has 1 aliphatic heterocycles. The van der Waals surface area contributed by atoms with E-state index in [2.05, 4.69) is 15.8 Å². The molecule has 0 atom stereocenters. The molecule has 1 aromatic heterocycles. The predicted molar refractivity (Wildman–Crippen MR) is 68.9 cm³/mol. The van der Waals surface area contributed by atoms with Crippen molar-refractivity contribution in [2.45, 2.75) is 0 Å². The average molecular weight is 302 g/mol. The molecule has 2 aromatic rings. The zero-order valence-corrected chi connectivity index (χ0v) is 11.1. The van der Waals surface area contributed by atoms with Crippen LogP contribution in [0.5, 0.6) is 0 Å². The Hall–Kier alpha value is -1.38. The number of hydrogen-bond acceptors (Lipinski definition) is 6. The number of hydroxylamine groups is 2. The molecule has 1 fully saturated rings. The average Bonchev–Trinajstić information content (AvgIpc) is 2.86. The summed E-state index contributed by atoms with van der Waals surface area (Å²) in [5.41, 5.74) is 4.04. The van der Waals surface area contributed by atoms with Crippen LogP contribution in [0.2, 0.25) is 10.2 Å². The molecule has 0 unspecified atom stereocenters. The number of aromatic nitrogens is 3. The molecule has 19 heavy (non-hydrogen) atoms. The molecule has 2 heterocycles. The van der Waals surface area contributed by atoms with Gasteiger partial charge in [0.2, 0.25) is 0 Å². The molecule has 1 N–H and O–H groups in total. The number of rotatable bonds is 2. The molecule has 1 aliphatic rings. The topological polar surface area (TPSA) is 64.4 Å². The third-order valence-corrected chi connectivity index (χ3v) is 2.89. The minimum absolute atomic E-state index is 0.218. The largest absolute Gasteiger partial charge is 0.276 e. The van der Waals surface area contributed by atoms with Crippen LogP contribution >= 0.6 is 23.2 Å². The fourth-order valence-corrected chi connectivity index (χ4v) is 1.97.